The third kappa shape index (κ3) is 2.93. The topological polar surface area (TPSA) is 29.9 Å². The van der Waals surface area contributed by atoms with Crippen molar-refractivity contribution in [1.82, 2.24) is 14.9 Å². The highest BCUT2D eigenvalue weighted by atomic mass is 32.1. The highest BCUT2D eigenvalue weighted by molar-refractivity contribution is 7.11. The number of rotatable bonds is 5. The predicted molar refractivity (Wildman–Crippen MR) is 67.7 cm³/mol. The number of nitrogens with one attached hydrogen (secondary N) is 1. The average Bonchev–Trinajstić information content (AvgIpc) is 2.83. The van der Waals surface area contributed by atoms with Gasteiger partial charge in [-0.15, -0.1) is 11.3 Å². The van der Waals surface area contributed by atoms with Crippen LogP contribution in [0.3, 0.4) is 0 Å². The predicted octanol–water partition coefficient (Wildman–Crippen LogP) is 2.12. The van der Waals surface area contributed by atoms with Crippen molar-refractivity contribution in [1.29, 1.82) is 0 Å². The molecule has 0 aromatic carbocycles. The average molecular weight is 235 g/mol. The zero-order chi connectivity index (χ0) is 11.4. The summed E-state index contributed by atoms with van der Waals surface area (Å²) in [5.41, 5.74) is 1.32. The standard InChI is InChI=1S/C12H17N3S/c1-10-14-9-12(16-10)5-6-13-8-11-4-3-7-15(11)2/h3-4,7,9,13H,5-6,8H2,1-2H3. The minimum atomic E-state index is 0.932. The molecule has 86 valence electrons. The lowest BCUT2D eigenvalue weighted by Gasteiger charge is -2.04. The maximum absolute atomic E-state index is 4.25. The maximum Gasteiger partial charge on any atom is 0.0896 e. The molecule has 0 spiro atoms. The first-order chi connectivity index (χ1) is 7.75. The van der Waals surface area contributed by atoms with Gasteiger partial charge in [0.05, 0.1) is 5.01 Å². The molecule has 2 rings (SSSR count). The quantitative estimate of drug-likeness (QED) is 0.805. The van der Waals surface area contributed by atoms with E-state index >= 15 is 0 Å². The summed E-state index contributed by atoms with van der Waals surface area (Å²) in [7, 11) is 2.07. The summed E-state index contributed by atoms with van der Waals surface area (Å²) >= 11 is 1.78. The summed E-state index contributed by atoms with van der Waals surface area (Å²) in [6.45, 7) is 3.99. The Bertz CT molecular complexity index is 445. The Hall–Kier alpha value is -1.13. The van der Waals surface area contributed by atoms with E-state index in [4.69, 9.17) is 0 Å². The van der Waals surface area contributed by atoms with Gasteiger partial charge in [0.15, 0.2) is 0 Å². The summed E-state index contributed by atoms with van der Waals surface area (Å²) < 4.78 is 2.14. The second-order valence-electron chi connectivity index (χ2n) is 3.88. The van der Waals surface area contributed by atoms with Crippen molar-refractivity contribution < 1.29 is 0 Å². The third-order valence-corrected chi connectivity index (χ3v) is 3.55. The van der Waals surface area contributed by atoms with Gasteiger partial charge in [-0.3, -0.25) is 0 Å². The lowest BCUT2D eigenvalue weighted by atomic mass is 10.3. The summed E-state index contributed by atoms with van der Waals surface area (Å²) in [5, 5.41) is 4.59. The summed E-state index contributed by atoms with van der Waals surface area (Å²) in [4.78, 5) is 5.60. The number of nitrogens with zero attached hydrogens (tertiary/aromatic N) is 2. The van der Waals surface area contributed by atoms with Gasteiger partial charge in [-0.05, 0) is 25.5 Å². The molecule has 2 aromatic rings. The molecule has 0 unspecified atom stereocenters. The molecule has 4 heteroatoms. The van der Waals surface area contributed by atoms with Gasteiger partial charge in [0.2, 0.25) is 0 Å². The number of hydrogen-bond donors (Lipinski definition) is 1. The second-order valence-corrected chi connectivity index (χ2v) is 5.20. The Morgan fingerprint density at radius 1 is 1.50 bits per heavy atom. The van der Waals surface area contributed by atoms with Crippen LogP contribution in [0.2, 0.25) is 0 Å². The lowest BCUT2D eigenvalue weighted by molar-refractivity contribution is 0.655. The van der Waals surface area contributed by atoms with Crippen LogP contribution in [0.1, 0.15) is 15.6 Å². The van der Waals surface area contributed by atoms with E-state index in [-0.39, 0.29) is 0 Å². The van der Waals surface area contributed by atoms with Gasteiger partial charge in [-0.25, -0.2) is 4.98 Å². The van der Waals surface area contributed by atoms with E-state index in [1.165, 1.54) is 10.6 Å². The zero-order valence-electron chi connectivity index (χ0n) is 9.73. The minimum Gasteiger partial charge on any atom is -0.353 e. The molecule has 16 heavy (non-hydrogen) atoms. The first-order valence-electron chi connectivity index (χ1n) is 5.48. The molecule has 0 amide bonds. The van der Waals surface area contributed by atoms with Crippen LogP contribution in [-0.2, 0) is 20.0 Å². The SMILES string of the molecule is Cc1ncc(CCNCc2cccn2C)s1. The molecule has 0 saturated heterocycles. The Balaban J connectivity index is 1.71. The molecule has 1 N–H and O–H groups in total. The zero-order valence-corrected chi connectivity index (χ0v) is 10.5. The van der Waals surface area contributed by atoms with Gasteiger partial charge in [0.25, 0.3) is 0 Å². The van der Waals surface area contributed by atoms with Gasteiger partial charge in [0, 0.05) is 43.1 Å². The van der Waals surface area contributed by atoms with Gasteiger partial charge in [0.1, 0.15) is 0 Å². The third-order valence-electron chi connectivity index (χ3n) is 2.57. The first kappa shape index (κ1) is 11.4. The molecule has 0 radical (unpaired) electrons. The van der Waals surface area contributed by atoms with Crippen LogP contribution >= 0.6 is 11.3 Å². The smallest absolute Gasteiger partial charge is 0.0896 e. The molecular weight excluding hydrogens is 218 g/mol. The van der Waals surface area contributed by atoms with Crippen LogP contribution in [-0.4, -0.2) is 16.1 Å². The van der Waals surface area contributed by atoms with Gasteiger partial charge in [-0.2, -0.15) is 0 Å². The Morgan fingerprint density at radius 3 is 3.00 bits per heavy atom. The van der Waals surface area contributed by atoms with E-state index in [1.54, 1.807) is 11.3 Å². The van der Waals surface area contributed by atoms with E-state index in [2.05, 4.69) is 40.2 Å². The van der Waals surface area contributed by atoms with Gasteiger partial charge < -0.3 is 9.88 Å². The van der Waals surface area contributed by atoms with E-state index < -0.39 is 0 Å². The molecule has 0 atom stereocenters. The summed E-state index contributed by atoms with van der Waals surface area (Å²) in [5.74, 6) is 0. The number of aromatic nitrogens is 2. The normalized spacial score (nSPS) is 10.9. The van der Waals surface area contributed by atoms with Crippen LogP contribution in [0.25, 0.3) is 0 Å². The summed E-state index contributed by atoms with van der Waals surface area (Å²) in [6, 6.07) is 4.22. The summed E-state index contributed by atoms with van der Waals surface area (Å²) in [6.07, 6.45) is 5.11. The van der Waals surface area contributed by atoms with Crippen molar-refractivity contribution in [3.05, 3.63) is 40.1 Å². The highest BCUT2D eigenvalue weighted by Gasteiger charge is 1.99. The molecular formula is C12H17N3S. The molecule has 0 fully saturated rings. The minimum absolute atomic E-state index is 0.932. The molecule has 2 aromatic heterocycles. The van der Waals surface area contributed by atoms with Gasteiger partial charge >= 0.3 is 0 Å². The molecule has 2 heterocycles. The Labute approximate surface area is 100 Å². The second kappa shape index (κ2) is 5.27. The van der Waals surface area contributed by atoms with Crippen molar-refractivity contribution in [2.75, 3.05) is 6.54 Å². The van der Waals surface area contributed by atoms with Crippen LogP contribution in [0.4, 0.5) is 0 Å². The largest absolute Gasteiger partial charge is 0.353 e. The Morgan fingerprint density at radius 2 is 2.38 bits per heavy atom. The number of thiazole rings is 1. The molecule has 0 aliphatic carbocycles. The molecule has 3 nitrogen and oxygen atoms in total. The van der Waals surface area contributed by atoms with Crippen molar-refractivity contribution in [3.63, 3.8) is 0 Å². The van der Waals surface area contributed by atoms with Crippen molar-refractivity contribution in [2.24, 2.45) is 7.05 Å². The fourth-order valence-corrected chi connectivity index (χ4v) is 2.42. The van der Waals surface area contributed by atoms with Crippen LogP contribution in [0.5, 0.6) is 0 Å². The van der Waals surface area contributed by atoms with Crippen LogP contribution < -0.4 is 5.32 Å². The number of aryl methyl sites for hydroxylation is 2. The van der Waals surface area contributed by atoms with E-state index in [0.29, 0.717) is 0 Å². The van der Waals surface area contributed by atoms with Crippen molar-refractivity contribution in [2.45, 2.75) is 19.9 Å². The van der Waals surface area contributed by atoms with E-state index in [0.717, 1.165) is 24.5 Å². The highest BCUT2D eigenvalue weighted by Crippen LogP contribution is 2.11. The van der Waals surface area contributed by atoms with Crippen molar-refractivity contribution in [3.8, 4) is 0 Å². The lowest BCUT2D eigenvalue weighted by Crippen LogP contribution is -2.17. The van der Waals surface area contributed by atoms with E-state index in [9.17, 15) is 0 Å². The molecule has 0 aliphatic rings. The molecule has 0 saturated carbocycles. The Kier molecular flexibility index (Phi) is 3.74. The number of hydrogen-bond acceptors (Lipinski definition) is 3. The maximum atomic E-state index is 4.25. The van der Waals surface area contributed by atoms with Crippen LogP contribution in [0, 0.1) is 6.92 Å². The fraction of sp³-hybridized carbons (Fsp3) is 0.417. The van der Waals surface area contributed by atoms with E-state index in [1.807, 2.05) is 13.1 Å². The molecule has 0 bridgehead atoms. The van der Waals surface area contributed by atoms with Crippen molar-refractivity contribution >= 4 is 11.3 Å². The van der Waals surface area contributed by atoms with Crippen LogP contribution in [0.15, 0.2) is 24.5 Å². The monoisotopic (exact) mass is 235 g/mol. The fourth-order valence-electron chi connectivity index (χ4n) is 1.63. The first-order valence-corrected chi connectivity index (χ1v) is 6.29. The van der Waals surface area contributed by atoms with Gasteiger partial charge in [-0.1, -0.05) is 0 Å². The molecule has 0 aliphatic heterocycles.